The van der Waals surface area contributed by atoms with Gasteiger partial charge in [-0.25, -0.2) is 13.8 Å². The molecule has 41 heavy (non-hydrogen) atoms. The van der Waals surface area contributed by atoms with Crippen LogP contribution in [0.25, 0.3) is 0 Å². The number of ether oxygens (including phenoxy) is 1. The van der Waals surface area contributed by atoms with Gasteiger partial charge in [-0.05, 0) is 42.5 Å². The Morgan fingerprint density at radius 3 is 2.41 bits per heavy atom. The lowest BCUT2D eigenvalue weighted by atomic mass is 9.73. The molecule has 3 aromatic rings. The molecule has 5 N–H and O–H groups in total. The van der Waals surface area contributed by atoms with Gasteiger partial charge >= 0.3 is 0 Å². The molecule has 2 atom stereocenters. The first kappa shape index (κ1) is 28.7. The molecular formula is C30H35F2N5O4. The molecule has 0 bridgehead atoms. The molecule has 5 rings (SSSR count). The third-order valence-corrected chi connectivity index (χ3v) is 8.25. The summed E-state index contributed by atoms with van der Waals surface area (Å²) in [4.78, 5) is 32.3. The maximum Gasteiger partial charge on any atom is 0.280 e. The molecule has 11 heteroatoms. The summed E-state index contributed by atoms with van der Waals surface area (Å²) in [6, 6.07) is 16.0. The number of amides is 1. The van der Waals surface area contributed by atoms with Crippen molar-refractivity contribution in [2.45, 2.75) is 62.6 Å². The summed E-state index contributed by atoms with van der Waals surface area (Å²) < 4.78 is 35.6. The van der Waals surface area contributed by atoms with Crippen LogP contribution >= 0.6 is 0 Å². The van der Waals surface area contributed by atoms with Crippen LogP contribution in [0.2, 0.25) is 0 Å². The molecule has 218 valence electrons. The summed E-state index contributed by atoms with van der Waals surface area (Å²) in [7, 11) is 0. The summed E-state index contributed by atoms with van der Waals surface area (Å²) >= 11 is 0. The van der Waals surface area contributed by atoms with E-state index in [0.29, 0.717) is 12.3 Å². The second-order valence-corrected chi connectivity index (χ2v) is 11.1. The smallest absolute Gasteiger partial charge is 0.280 e. The van der Waals surface area contributed by atoms with E-state index < -0.39 is 28.9 Å². The van der Waals surface area contributed by atoms with Crippen molar-refractivity contribution in [2.75, 3.05) is 18.8 Å². The topological polar surface area (TPSA) is 137 Å². The predicted molar refractivity (Wildman–Crippen MR) is 150 cm³/mol. The number of carbonyl (C=O) groups excluding carboxylic acids is 1. The SMILES string of the molecule is NCc1ccc(Oc2ncn(CC3(O)CCN(C(=O)[C@@H]4CCC(F)(F)C[C@H]4c4ccccc4)CC3)c(=O)c2N)cc1. The van der Waals surface area contributed by atoms with E-state index in [1.54, 1.807) is 53.4 Å². The average Bonchev–Trinajstić information content (AvgIpc) is 2.97. The molecule has 2 fully saturated rings. The van der Waals surface area contributed by atoms with Crippen LogP contribution in [0.3, 0.4) is 0 Å². The van der Waals surface area contributed by atoms with Crippen LogP contribution in [-0.2, 0) is 17.9 Å². The molecule has 1 amide bonds. The minimum absolute atomic E-state index is 0.0369. The first-order valence-electron chi connectivity index (χ1n) is 13.8. The quantitative estimate of drug-likeness (QED) is 0.396. The fourth-order valence-electron chi connectivity index (χ4n) is 5.82. The molecule has 0 unspecified atom stereocenters. The Bertz CT molecular complexity index is 1420. The van der Waals surface area contributed by atoms with Crippen molar-refractivity contribution in [2.24, 2.45) is 11.7 Å². The maximum absolute atomic E-state index is 14.3. The summed E-state index contributed by atoms with van der Waals surface area (Å²) in [5.74, 6) is -3.68. The van der Waals surface area contributed by atoms with Gasteiger partial charge in [0.25, 0.3) is 5.56 Å². The lowest BCUT2D eigenvalue weighted by Gasteiger charge is -2.42. The van der Waals surface area contributed by atoms with Crippen molar-refractivity contribution in [3.05, 3.63) is 82.4 Å². The molecule has 1 aliphatic heterocycles. The number of piperidine rings is 1. The number of anilines is 1. The fourth-order valence-corrected chi connectivity index (χ4v) is 5.82. The van der Waals surface area contributed by atoms with Crippen LogP contribution in [0.1, 0.15) is 49.1 Å². The van der Waals surface area contributed by atoms with Gasteiger partial charge in [0.2, 0.25) is 17.7 Å². The van der Waals surface area contributed by atoms with Crippen LogP contribution in [0, 0.1) is 5.92 Å². The van der Waals surface area contributed by atoms with E-state index in [9.17, 15) is 23.5 Å². The van der Waals surface area contributed by atoms with Gasteiger partial charge in [-0.2, -0.15) is 0 Å². The third kappa shape index (κ3) is 6.41. The minimum atomic E-state index is -2.81. The highest BCUT2D eigenvalue weighted by molar-refractivity contribution is 5.80. The Morgan fingerprint density at radius 1 is 1.07 bits per heavy atom. The van der Waals surface area contributed by atoms with Crippen LogP contribution in [-0.4, -0.2) is 50.1 Å². The lowest BCUT2D eigenvalue weighted by molar-refractivity contribution is -0.145. The van der Waals surface area contributed by atoms with Crippen molar-refractivity contribution in [1.29, 1.82) is 0 Å². The van der Waals surface area contributed by atoms with E-state index in [0.717, 1.165) is 11.1 Å². The number of nitrogen functional groups attached to an aromatic ring is 1. The zero-order valence-electron chi connectivity index (χ0n) is 22.7. The molecule has 0 radical (unpaired) electrons. The third-order valence-electron chi connectivity index (χ3n) is 8.25. The molecular weight excluding hydrogens is 532 g/mol. The molecule has 1 aromatic heterocycles. The van der Waals surface area contributed by atoms with Crippen molar-refractivity contribution in [1.82, 2.24) is 14.5 Å². The number of halogens is 2. The number of likely N-dealkylation sites (tertiary alicyclic amines) is 1. The number of carbonyl (C=O) groups is 1. The standard InChI is InChI=1S/C30H35F2N5O4/c31-30(32)11-10-23(24(16-30)21-4-2-1-3-5-21)27(38)36-14-12-29(40,13-15-36)18-37-19-35-26(25(34)28(37)39)41-22-8-6-20(17-33)7-9-22/h1-9,19,23-24,40H,10-18,33-34H2/t23-,24+/m1/s1. The Morgan fingerprint density at radius 2 is 1.76 bits per heavy atom. The second-order valence-electron chi connectivity index (χ2n) is 11.1. The van der Waals surface area contributed by atoms with Crippen LogP contribution in [0.5, 0.6) is 11.6 Å². The summed E-state index contributed by atoms with van der Waals surface area (Å²) in [5, 5.41) is 11.3. The van der Waals surface area contributed by atoms with Gasteiger partial charge in [-0.3, -0.25) is 14.2 Å². The first-order valence-corrected chi connectivity index (χ1v) is 13.8. The zero-order valence-corrected chi connectivity index (χ0v) is 22.7. The second kappa shape index (κ2) is 11.6. The van der Waals surface area contributed by atoms with Gasteiger partial charge < -0.3 is 26.2 Å². The van der Waals surface area contributed by atoms with Crippen LogP contribution in [0.15, 0.2) is 65.7 Å². The zero-order chi connectivity index (χ0) is 29.2. The number of aliphatic hydroxyl groups is 1. The first-order chi connectivity index (χ1) is 19.6. The summed E-state index contributed by atoms with van der Waals surface area (Å²) in [6.45, 7) is 0.834. The van der Waals surface area contributed by atoms with E-state index in [2.05, 4.69) is 4.98 Å². The van der Waals surface area contributed by atoms with Gasteiger partial charge in [0, 0.05) is 44.3 Å². The number of alkyl halides is 2. The average molecular weight is 568 g/mol. The van der Waals surface area contributed by atoms with Crippen molar-refractivity contribution in [3.8, 4) is 11.6 Å². The normalized spacial score (nSPS) is 21.8. The van der Waals surface area contributed by atoms with E-state index >= 15 is 0 Å². The summed E-state index contributed by atoms with van der Waals surface area (Å²) in [6.07, 6.45) is 1.15. The summed E-state index contributed by atoms with van der Waals surface area (Å²) in [5.41, 5.74) is 11.3. The minimum Gasteiger partial charge on any atom is -0.437 e. The maximum atomic E-state index is 14.3. The molecule has 2 heterocycles. The highest BCUT2D eigenvalue weighted by atomic mass is 19.3. The lowest BCUT2D eigenvalue weighted by Crippen LogP contribution is -2.52. The van der Waals surface area contributed by atoms with E-state index in [1.807, 2.05) is 6.07 Å². The number of hydrogen-bond acceptors (Lipinski definition) is 7. The largest absolute Gasteiger partial charge is 0.437 e. The fraction of sp³-hybridized carbons (Fsp3) is 0.433. The molecule has 9 nitrogen and oxygen atoms in total. The van der Waals surface area contributed by atoms with E-state index in [1.165, 1.54) is 10.9 Å². The van der Waals surface area contributed by atoms with Gasteiger partial charge in [0.1, 0.15) is 12.1 Å². The molecule has 1 saturated carbocycles. The highest BCUT2D eigenvalue weighted by Crippen LogP contribution is 2.46. The van der Waals surface area contributed by atoms with Crippen molar-refractivity contribution >= 4 is 11.6 Å². The molecule has 0 spiro atoms. The number of hydrogen-bond donors (Lipinski definition) is 3. The predicted octanol–water partition coefficient (Wildman–Crippen LogP) is 3.65. The monoisotopic (exact) mass is 567 g/mol. The Labute approximate surface area is 236 Å². The number of nitrogens with two attached hydrogens (primary N) is 2. The van der Waals surface area contributed by atoms with E-state index in [4.69, 9.17) is 16.2 Å². The number of nitrogens with zero attached hydrogens (tertiary/aromatic N) is 3. The molecule has 2 aliphatic rings. The van der Waals surface area contributed by atoms with Gasteiger partial charge in [-0.15, -0.1) is 0 Å². The molecule has 1 saturated heterocycles. The molecule has 1 aliphatic carbocycles. The molecule has 2 aromatic carbocycles. The van der Waals surface area contributed by atoms with Crippen LogP contribution < -0.4 is 21.8 Å². The Hall–Kier alpha value is -3.83. The van der Waals surface area contributed by atoms with Crippen LogP contribution in [0.4, 0.5) is 14.5 Å². The Balaban J connectivity index is 1.23. The Kier molecular flexibility index (Phi) is 8.10. The number of rotatable bonds is 7. The number of benzene rings is 2. The van der Waals surface area contributed by atoms with E-state index in [-0.39, 0.29) is 69.2 Å². The van der Waals surface area contributed by atoms with Crippen molar-refractivity contribution in [3.63, 3.8) is 0 Å². The van der Waals surface area contributed by atoms with Gasteiger partial charge in [0.15, 0.2) is 5.69 Å². The van der Waals surface area contributed by atoms with Gasteiger partial charge in [-0.1, -0.05) is 42.5 Å². The van der Waals surface area contributed by atoms with Gasteiger partial charge in [0.05, 0.1) is 12.1 Å². The number of aromatic nitrogens is 2. The van der Waals surface area contributed by atoms with Crippen molar-refractivity contribution < 1.29 is 23.4 Å². The highest BCUT2D eigenvalue weighted by Gasteiger charge is 2.46.